The third-order valence-corrected chi connectivity index (χ3v) is 5.88. The van der Waals surface area contributed by atoms with Gasteiger partial charge in [-0.25, -0.2) is 0 Å². The van der Waals surface area contributed by atoms with E-state index in [1.165, 1.54) is 57.7 Å². The Kier molecular flexibility index (Phi) is 10.9. The van der Waals surface area contributed by atoms with E-state index in [-0.39, 0.29) is 0 Å². The number of likely N-dealkylation sites (N-methyl/N-ethyl adjacent to an activating group) is 1. The first-order chi connectivity index (χ1) is 14.2. The van der Waals surface area contributed by atoms with Crippen molar-refractivity contribution in [3.05, 3.63) is 29.8 Å². The molecular formula is C23H41N5O. The summed E-state index contributed by atoms with van der Waals surface area (Å²) in [5.74, 6) is 2.31. The van der Waals surface area contributed by atoms with Gasteiger partial charge in [-0.05, 0) is 56.0 Å². The molecule has 0 saturated carbocycles. The monoisotopic (exact) mass is 403 g/mol. The highest BCUT2D eigenvalue weighted by molar-refractivity contribution is 5.79. The molecule has 1 fully saturated rings. The highest BCUT2D eigenvalue weighted by Gasteiger charge is 2.14. The summed E-state index contributed by atoms with van der Waals surface area (Å²) in [6.45, 7) is 13.7. The van der Waals surface area contributed by atoms with Crippen molar-refractivity contribution in [2.75, 3.05) is 66.5 Å². The van der Waals surface area contributed by atoms with Gasteiger partial charge >= 0.3 is 0 Å². The van der Waals surface area contributed by atoms with Gasteiger partial charge in [-0.2, -0.15) is 0 Å². The highest BCUT2D eigenvalue weighted by Crippen LogP contribution is 2.21. The molecule has 1 atom stereocenters. The molecule has 1 aromatic rings. The molecule has 1 aliphatic rings. The van der Waals surface area contributed by atoms with Crippen LogP contribution in [0.25, 0.3) is 0 Å². The molecule has 29 heavy (non-hydrogen) atoms. The van der Waals surface area contributed by atoms with Crippen molar-refractivity contribution in [2.24, 2.45) is 4.99 Å². The topological polar surface area (TPSA) is 52.1 Å². The van der Waals surface area contributed by atoms with Crippen LogP contribution in [0.4, 0.5) is 0 Å². The van der Waals surface area contributed by atoms with Gasteiger partial charge in [0.25, 0.3) is 0 Å². The van der Waals surface area contributed by atoms with Gasteiger partial charge in [0, 0.05) is 46.3 Å². The van der Waals surface area contributed by atoms with E-state index in [4.69, 9.17) is 4.74 Å². The normalized spacial score (nSPS) is 17.2. The Morgan fingerprint density at radius 1 is 1.03 bits per heavy atom. The Hall–Kier alpha value is -1.79. The summed E-state index contributed by atoms with van der Waals surface area (Å²) in [4.78, 5) is 9.48. The number of aliphatic imine (C=N–C) groups is 1. The Morgan fingerprint density at radius 2 is 1.69 bits per heavy atom. The van der Waals surface area contributed by atoms with Crippen molar-refractivity contribution < 1.29 is 4.74 Å². The van der Waals surface area contributed by atoms with Gasteiger partial charge in [0.05, 0.1) is 7.11 Å². The Balaban J connectivity index is 1.54. The lowest BCUT2D eigenvalue weighted by molar-refractivity contribution is 0.136. The van der Waals surface area contributed by atoms with Crippen molar-refractivity contribution >= 4 is 5.96 Å². The molecule has 1 saturated heterocycles. The number of guanidine groups is 1. The SMILES string of the molecule is CCN1CCN(CCCCNC(=NC)NCCC(C)c2ccc(OC)cc2)CC1. The maximum Gasteiger partial charge on any atom is 0.190 e. The van der Waals surface area contributed by atoms with E-state index in [1.54, 1.807) is 7.11 Å². The Labute approximate surface area is 177 Å². The molecule has 1 heterocycles. The highest BCUT2D eigenvalue weighted by atomic mass is 16.5. The number of nitrogens with one attached hydrogen (secondary N) is 2. The molecule has 0 amide bonds. The summed E-state index contributed by atoms with van der Waals surface area (Å²) in [6.07, 6.45) is 3.48. The minimum absolute atomic E-state index is 0.500. The van der Waals surface area contributed by atoms with E-state index in [1.807, 2.05) is 19.2 Å². The molecule has 164 valence electrons. The van der Waals surface area contributed by atoms with Crippen molar-refractivity contribution in [1.82, 2.24) is 20.4 Å². The molecule has 0 spiro atoms. The standard InChI is InChI=1S/C23H41N5O/c1-5-27-16-18-28(19-17-27)15-7-6-13-25-23(24-3)26-14-12-20(2)21-8-10-22(29-4)11-9-21/h8-11,20H,5-7,12-19H2,1-4H3,(H2,24,25,26). The molecule has 6 nitrogen and oxygen atoms in total. The predicted octanol–water partition coefficient (Wildman–Crippen LogP) is 2.77. The number of hydrogen-bond donors (Lipinski definition) is 2. The zero-order valence-corrected chi connectivity index (χ0v) is 18.9. The molecule has 1 unspecified atom stereocenters. The van der Waals surface area contributed by atoms with Gasteiger partial charge in [0.2, 0.25) is 0 Å². The minimum Gasteiger partial charge on any atom is -0.497 e. The molecule has 0 bridgehead atoms. The lowest BCUT2D eigenvalue weighted by Crippen LogP contribution is -2.46. The summed E-state index contributed by atoms with van der Waals surface area (Å²) in [5, 5.41) is 6.89. The summed E-state index contributed by atoms with van der Waals surface area (Å²) in [5.41, 5.74) is 1.34. The lowest BCUT2D eigenvalue weighted by Gasteiger charge is -2.34. The van der Waals surface area contributed by atoms with Gasteiger partial charge in [-0.1, -0.05) is 26.0 Å². The van der Waals surface area contributed by atoms with E-state index in [2.05, 4.69) is 51.4 Å². The smallest absolute Gasteiger partial charge is 0.190 e. The van der Waals surface area contributed by atoms with Gasteiger partial charge < -0.3 is 25.2 Å². The molecule has 0 aromatic heterocycles. The number of benzene rings is 1. The second-order valence-electron chi connectivity index (χ2n) is 7.87. The third kappa shape index (κ3) is 8.62. The van der Waals surface area contributed by atoms with Gasteiger partial charge in [0.15, 0.2) is 5.96 Å². The molecule has 2 N–H and O–H groups in total. The number of rotatable bonds is 11. The summed E-state index contributed by atoms with van der Waals surface area (Å²) in [6, 6.07) is 8.37. The maximum absolute atomic E-state index is 5.23. The van der Waals surface area contributed by atoms with Crippen molar-refractivity contribution in [3.8, 4) is 5.75 Å². The number of methoxy groups -OCH3 is 1. The largest absolute Gasteiger partial charge is 0.497 e. The molecule has 0 radical (unpaired) electrons. The van der Waals surface area contributed by atoms with Crippen molar-refractivity contribution in [3.63, 3.8) is 0 Å². The van der Waals surface area contributed by atoms with E-state index in [9.17, 15) is 0 Å². The summed E-state index contributed by atoms with van der Waals surface area (Å²) in [7, 11) is 3.55. The van der Waals surface area contributed by atoms with Crippen LogP contribution >= 0.6 is 0 Å². The molecule has 0 aliphatic carbocycles. The first-order valence-corrected chi connectivity index (χ1v) is 11.2. The van der Waals surface area contributed by atoms with Crippen molar-refractivity contribution in [1.29, 1.82) is 0 Å². The zero-order chi connectivity index (χ0) is 20.9. The third-order valence-electron chi connectivity index (χ3n) is 5.88. The number of hydrogen-bond acceptors (Lipinski definition) is 4. The first-order valence-electron chi connectivity index (χ1n) is 11.2. The number of unbranched alkanes of at least 4 members (excludes halogenated alkanes) is 1. The van der Waals surface area contributed by atoms with Crippen LogP contribution in [-0.4, -0.2) is 82.3 Å². The maximum atomic E-state index is 5.23. The first kappa shape index (κ1) is 23.5. The summed E-state index contributed by atoms with van der Waals surface area (Å²) >= 11 is 0. The van der Waals surface area contributed by atoms with E-state index < -0.39 is 0 Å². The van der Waals surface area contributed by atoms with Crippen LogP contribution in [0.3, 0.4) is 0 Å². The lowest BCUT2D eigenvalue weighted by atomic mass is 9.98. The van der Waals surface area contributed by atoms with Crippen LogP contribution in [0.1, 0.15) is 44.6 Å². The van der Waals surface area contributed by atoms with Crippen LogP contribution in [0, 0.1) is 0 Å². The van der Waals surface area contributed by atoms with Gasteiger partial charge in [-0.3, -0.25) is 4.99 Å². The average Bonchev–Trinajstić information content (AvgIpc) is 2.78. The van der Waals surface area contributed by atoms with Crippen LogP contribution in [0.15, 0.2) is 29.3 Å². The number of nitrogens with zero attached hydrogens (tertiary/aromatic N) is 3. The van der Waals surface area contributed by atoms with Gasteiger partial charge in [-0.15, -0.1) is 0 Å². The molecule has 6 heteroatoms. The zero-order valence-electron chi connectivity index (χ0n) is 18.9. The molecule has 1 aromatic carbocycles. The fourth-order valence-electron chi connectivity index (χ4n) is 3.72. The minimum atomic E-state index is 0.500. The van der Waals surface area contributed by atoms with Crippen LogP contribution in [-0.2, 0) is 0 Å². The molecular weight excluding hydrogens is 362 g/mol. The predicted molar refractivity (Wildman–Crippen MR) is 123 cm³/mol. The van der Waals surface area contributed by atoms with E-state index in [0.717, 1.165) is 31.2 Å². The Bertz CT molecular complexity index is 581. The van der Waals surface area contributed by atoms with Crippen molar-refractivity contribution in [2.45, 2.75) is 39.0 Å². The fourth-order valence-corrected chi connectivity index (χ4v) is 3.72. The number of ether oxygens (including phenoxy) is 1. The molecule has 1 aliphatic heterocycles. The average molecular weight is 404 g/mol. The fraction of sp³-hybridized carbons (Fsp3) is 0.696. The van der Waals surface area contributed by atoms with E-state index >= 15 is 0 Å². The summed E-state index contributed by atoms with van der Waals surface area (Å²) < 4.78 is 5.23. The second-order valence-corrected chi connectivity index (χ2v) is 7.87. The van der Waals surface area contributed by atoms with Crippen LogP contribution < -0.4 is 15.4 Å². The van der Waals surface area contributed by atoms with Gasteiger partial charge in [0.1, 0.15) is 5.75 Å². The number of piperazine rings is 1. The Morgan fingerprint density at radius 3 is 2.31 bits per heavy atom. The van der Waals surface area contributed by atoms with Crippen LogP contribution in [0.2, 0.25) is 0 Å². The van der Waals surface area contributed by atoms with E-state index in [0.29, 0.717) is 5.92 Å². The quantitative estimate of drug-likeness (QED) is 0.338. The molecule has 2 rings (SSSR count). The van der Waals surface area contributed by atoms with Crippen LogP contribution in [0.5, 0.6) is 5.75 Å². The second kappa shape index (κ2) is 13.4.